The first kappa shape index (κ1) is 11.3. The van der Waals surface area contributed by atoms with Crippen molar-refractivity contribution < 1.29 is 9.47 Å². The van der Waals surface area contributed by atoms with Crippen molar-refractivity contribution >= 4 is 0 Å². The van der Waals surface area contributed by atoms with E-state index in [0.717, 1.165) is 24.5 Å². The summed E-state index contributed by atoms with van der Waals surface area (Å²) in [5, 5.41) is 3.46. The second-order valence-electron chi connectivity index (χ2n) is 4.08. The number of hydrogen-bond donors (Lipinski definition) is 1. The Morgan fingerprint density at radius 3 is 2.75 bits per heavy atom. The fourth-order valence-electron chi connectivity index (χ4n) is 1.81. The smallest absolute Gasteiger partial charge is 0.161 e. The summed E-state index contributed by atoms with van der Waals surface area (Å²) >= 11 is 0. The molecule has 3 heteroatoms. The lowest BCUT2D eigenvalue weighted by atomic mass is 10.1. The Hall–Kier alpha value is -1.22. The highest BCUT2D eigenvalue weighted by molar-refractivity contribution is 5.44. The second-order valence-corrected chi connectivity index (χ2v) is 4.08. The Morgan fingerprint density at radius 1 is 1.25 bits per heavy atom. The third-order valence-electron chi connectivity index (χ3n) is 2.77. The lowest BCUT2D eigenvalue weighted by molar-refractivity contribution is 0.171. The van der Waals surface area contributed by atoms with Gasteiger partial charge in [-0.25, -0.2) is 0 Å². The Balaban J connectivity index is 2.10. The van der Waals surface area contributed by atoms with E-state index in [9.17, 15) is 0 Å². The van der Waals surface area contributed by atoms with E-state index in [0.29, 0.717) is 19.3 Å². The molecule has 16 heavy (non-hydrogen) atoms. The zero-order valence-electron chi connectivity index (χ0n) is 9.95. The average molecular weight is 221 g/mol. The van der Waals surface area contributed by atoms with Crippen LogP contribution >= 0.6 is 0 Å². The molecule has 0 radical (unpaired) electrons. The van der Waals surface area contributed by atoms with Gasteiger partial charge in [0.1, 0.15) is 13.2 Å². The van der Waals surface area contributed by atoms with Crippen molar-refractivity contribution in [3.8, 4) is 11.5 Å². The summed E-state index contributed by atoms with van der Waals surface area (Å²) in [6.45, 7) is 6.67. The van der Waals surface area contributed by atoms with Gasteiger partial charge in [0.05, 0.1) is 0 Å². The second kappa shape index (κ2) is 5.21. The number of benzene rings is 1. The van der Waals surface area contributed by atoms with Crippen LogP contribution in [0.4, 0.5) is 0 Å². The van der Waals surface area contributed by atoms with E-state index in [4.69, 9.17) is 9.47 Å². The van der Waals surface area contributed by atoms with E-state index in [-0.39, 0.29) is 0 Å². The van der Waals surface area contributed by atoms with Gasteiger partial charge in [0.15, 0.2) is 11.5 Å². The molecule has 1 heterocycles. The van der Waals surface area contributed by atoms with Gasteiger partial charge in [-0.05, 0) is 37.6 Å². The summed E-state index contributed by atoms with van der Waals surface area (Å²) in [6.07, 6.45) is 1.15. The predicted molar refractivity (Wildman–Crippen MR) is 64.1 cm³/mol. The van der Waals surface area contributed by atoms with Crippen LogP contribution in [0.5, 0.6) is 11.5 Å². The molecule has 1 aromatic rings. The molecular formula is C13H19NO2. The molecule has 3 nitrogen and oxygen atoms in total. The summed E-state index contributed by atoms with van der Waals surface area (Å²) in [7, 11) is 0. The third-order valence-corrected chi connectivity index (χ3v) is 2.77. The van der Waals surface area contributed by atoms with E-state index in [1.54, 1.807) is 0 Å². The molecular weight excluding hydrogens is 202 g/mol. The number of rotatable bonds is 4. The minimum atomic E-state index is 0.357. The van der Waals surface area contributed by atoms with E-state index in [2.05, 4.69) is 31.3 Å². The van der Waals surface area contributed by atoms with Crippen molar-refractivity contribution in [1.82, 2.24) is 5.32 Å². The molecule has 1 unspecified atom stereocenters. The molecule has 1 aliphatic heterocycles. The average Bonchev–Trinajstić information content (AvgIpc) is 2.35. The molecule has 1 aromatic carbocycles. The fourth-order valence-corrected chi connectivity index (χ4v) is 1.81. The van der Waals surface area contributed by atoms with Gasteiger partial charge in [0.2, 0.25) is 0 Å². The topological polar surface area (TPSA) is 30.5 Å². The van der Waals surface area contributed by atoms with Crippen molar-refractivity contribution in [3.05, 3.63) is 23.8 Å². The van der Waals surface area contributed by atoms with Gasteiger partial charge in [0.25, 0.3) is 0 Å². The van der Waals surface area contributed by atoms with Crippen LogP contribution < -0.4 is 14.8 Å². The maximum atomic E-state index is 5.57. The zero-order valence-corrected chi connectivity index (χ0v) is 9.95. The van der Waals surface area contributed by atoms with E-state index in [1.165, 1.54) is 5.56 Å². The van der Waals surface area contributed by atoms with Crippen LogP contribution in [0.1, 0.15) is 31.9 Å². The van der Waals surface area contributed by atoms with Crippen LogP contribution in [0.2, 0.25) is 0 Å². The SMILES string of the molecule is CCCNC(C)c1ccc2c(c1)OCCO2. The predicted octanol–water partition coefficient (Wildman–Crippen LogP) is 2.52. The molecule has 0 saturated carbocycles. The van der Waals surface area contributed by atoms with Gasteiger partial charge in [-0.15, -0.1) is 0 Å². The first-order chi connectivity index (χ1) is 7.81. The van der Waals surface area contributed by atoms with E-state index in [1.807, 2.05) is 6.07 Å². The molecule has 0 amide bonds. The Kier molecular flexibility index (Phi) is 3.67. The fraction of sp³-hybridized carbons (Fsp3) is 0.538. The quantitative estimate of drug-likeness (QED) is 0.847. The molecule has 88 valence electrons. The summed E-state index contributed by atoms with van der Waals surface area (Å²) in [4.78, 5) is 0. The van der Waals surface area contributed by atoms with Crippen molar-refractivity contribution in [2.75, 3.05) is 19.8 Å². The summed E-state index contributed by atoms with van der Waals surface area (Å²) in [5.74, 6) is 1.73. The standard InChI is InChI=1S/C13H19NO2/c1-3-6-14-10(2)11-4-5-12-13(9-11)16-8-7-15-12/h4-5,9-10,14H,3,6-8H2,1-2H3. The normalized spacial score (nSPS) is 15.9. The van der Waals surface area contributed by atoms with Crippen LogP contribution in [0.15, 0.2) is 18.2 Å². The molecule has 2 rings (SSSR count). The van der Waals surface area contributed by atoms with Crippen molar-refractivity contribution in [2.24, 2.45) is 0 Å². The van der Waals surface area contributed by atoms with Gasteiger partial charge in [-0.3, -0.25) is 0 Å². The molecule has 0 saturated heterocycles. The maximum absolute atomic E-state index is 5.57. The van der Waals surface area contributed by atoms with Crippen LogP contribution in [0.3, 0.4) is 0 Å². The highest BCUT2D eigenvalue weighted by atomic mass is 16.6. The zero-order chi connectivity index (χ0) is 11.4. The highest BCUT2D eigenvalue weighted by Gasteiger charge is 2.13. The third kappa shape index (κ3) is 2.47. The molecule has 0 bridgehead atoms. The number of nitrogens with one attached hydrogen (secondary N) is 1. The summed E-state index contributed by atoms with van der Waals surface area (Å²) in [6, 6.07) is 6.52. The lowest BCUT2D eigenvalue weighted by Gasteiger charge is -2.21. The number of fused-ring (bicyclic) bond motifs is 1. The maximum Gasteiger partial charge on any atom is 0.161 e. The van der Waals surface area contributed by atoms with Gasteiger partial charge >= 0.3 is 0 Å². The Labute approximate surface area is 96.8 Å². The molecule has 0 aliphatic carbocycles. The highest BCUT2D eigenvalue weighted by Crippen LogP contribution is 2.32. The monoisotopic (exact) mass is 221 g/mol. The van der Waals surface area contributed by atoms with Gasteiger partial charge in [0, 0.05) is 6.04 Å². The first-order valence-electron chi connectivity index (χ1n) is 5.94. The summed E-state index contributed by atoms with van der Waals surface area (Å²) < 4.78 is 11.1. The minimum Gasteiger partial charge on any atom is -0.486 e. The largest absolute Gasteiger partial charge is 0.486 e. The first-order valence-corrected chi connectivity index (χ1v) is 5.94. The molecule has 0 fully saturated rings. The minimum absolute atomic E-state index is 0.357. The van der Waals surface area contributed by atoms with Gasteiger partial charge in [-0.2, -0.15) is 0 Å². The van der Waals surface area contributed by atoms with E-state index < -0.39 is 0 Å². The molecule has 0 spiro atoms. The molecule has 1 N–H and O–H groups in total. The summed E-state index contributed by atoms with van der Waals surface area (Å²) in [5.41, 5.74) is 1.25. The van der Waals surface area contributed by atoms with Crippen molar-refractivity contribution in [1.29, 1.82) is 0 Å². The van der Waals surface area contributed by atoms with Crippen molar-refractivity contribution in [2.45, 2.75) is 26.3 Å². The number of hydrogen-bond acceptors (Lipinski definition) is 3. The van der Waals surface area contributed by atoms with Crippen molar-refractivity contribution in [3.63, 3.8) is 0 Å². The van der Waals surface area contributed by atoms with Gasteiger partial charge < -0.3 is 14.8 Å². The molecule has 0 aromatic heterocycles. The van der Waals surface area contributed by atoms with Crippen LogP contribution in [-0.2, 0) is 0 Å². The Morgan fingerprint density at radius 2 is 2.00 bits per heavy atom. The van der Waals surface area contributed by atoms with Crippen LogP contribution in [0.25, 0.3) is 0 Å². The Bertz CT molecular complexity index is 352. The van der Waals surface area contributed by atoms with Gasteiger partial charge in [-0.1, -0.05) is 13.0 Å². The van der Waals surface area contributed by atoms with Crippen LogP contribution in [-0.4, -0.2) is 19.8 Å². The number of ether oxygens (including phenoxy) is 2. The molecule has 1 atom stereocenters. The van der Waals surface area contributed by atoms with Crippen LogP contribution in [0, 0.1) is 0 Å². The lowest BCUT2D eigenvalue weighted by Crippen LogP contribution is -2.20. The molecule has 1 aliphatic rings. The van der Waals surface area contributed by atoms with E-state index >= 15 is 0 Å².